The molecule has 1 heterocycles. The summed E-state index contributed by atoms with van der Waals surface area (Å²) in [5, 5.41) is 0. The lowest BCUT2D eigenvalue weighted by Gasteiger charge is -2.32. The van der Waals surface area contributed by atoms with E-state index in [0.717, 1.165) is 29.5 Å². The highest BCUT2D eigenvalue weighted by atomic mass is 28.3. The van der Waals surface area contributed by atoms with Gasteiger partial charge in [0, 0.05) is 8.80 Å². The molecular weight excluding hydrogens is 445 g/mol. The largest absolute Gasteiger partial charge is 0.204 e. The van der Waals surface area contributed by atoms with Crippen molar-refractivity contribution >= 4 is 8.80 Å². The maximum Gasteiger partial charge on any atom is 0.194 e. The minimum Gasteiger partial charge on any atom is -0.204 e. The average molecular weight is 487 g/mol. The lowest BCUT2D eigenvalue weighted by atomic mass is 9.76. The molecule has 2 aromatic carbocycles. The van der Waals surface area contributed by atoms with E-state index in [0.29, 0.717) is 11.5 Å². The van der Waals surface area contributed by atoms with Crippen LogP contribution in [0.3, 0.4) is 0 Å². The number of hydrogen-bond acceptors (Lipinski definition) is 0. The monoisotopic (exact) mass is 486 g/mol. The molecule has 1 aliphatic carbocycles. The molecule has 2 fully saturated rings. The minimum atomic E-state index is -1.41. The first-order valence-corrected chi connectivity index (χ1v) is 16.2. The Morgan fingerprint density at radius 3 is 1.91 bits per heavy atom. The Labute approximate surface area is 206 Å². The van der Waals surface area contributed by atoms with Gasteiger partial charge in [0.05, 0.1) is 0 Å². The Bertz CT molecular complexity index is 871. The van der Waals surface area contributed by atoms with Crippen molar-refractivity contribution in [2.75, 3.05) is 0 Å². The van der Waals surface area contributed by atoms with E-state index >= 15 is 0 Å². The molecule has 2 aliphatic rings. The van der Waals surface area contributed by atoms with Crippen molar-refractivity contribution in [3.63, 3.8) is 0 Å². The Morgan fingerprint density at radius 2 is 1.32 bits per heavy atom. The van der Waals surface area contributed by atoms with Crippen LogP contribution in [-0.4, -0.2) is 8.80 Å². The van der Waals surface area contributed by atoms with Gasteiger partial charge in [0.15, 0.2) is 17.5 Å². The molecule has 0 amide bonds. The lowest BCUT2D eigenvalue weighted by Crippen LogP contribution is -2.22. The first-order valence-electron chi connectivity index (χ1n) is 13.8. The fourth-order valence-electron chi connectivity index (χ4n) is 6.42. The smallest absolute Gasteiger partial charge is 0.194 e. The van der Waals surface area contributed by atoms with Crippen LogP contribution in [-0.2, 0) is 0 Å². The Balaban J connectivity index is 1.19. The summed E-state index contributed by atoms with van der Waals surface area (Å²) in [7, 11) is -0.384. The summed E-state index contributed by atoms with van der Waals surface area (Å²) in [6.07, 6.45) is 15.3. The summed E-state index contributed by atoms with van der Waals surface area (Å²) < 4.78 is 40.4. The number of unbranched alkanes of at least 4 members (excludes halogenated alkanes) is 2. The first-order chi connectivity index (χ1) is 16.5. The third-order valence-corrected chi connectivity index (χ3v) is 12.2. The van der Waals surface area contributed by atoms with Crippen LogP contribution in [0.5, 0.6) is 0 Å². The van der Waals surface area contributed by atoms with E-state index in [1.807, 2.05) is 12.1 Å². The highest BCUT2D eigenvalue weighted by molar-refractivity contribution is 6.58. The van der Waals surface area contributed by atoms with Crippen LogP contribution >= 0.6 is 0 Å². The van der Waals surface area contributed by atoms with E-state index in [1.165, 1.54) is 76.2 Å². The summed E-state index contributed by atoms with van der Waals surface area (Å²) in [5.41, 5.74) is 2.42. The molecule has 0 aromatic heterocycles. The van der Waals surface area contributed by atoms with E-state index < -0.39 is 17.5 Å². The highest BCUT2D eigenvalue weighted by Crippen LogP contribution is 2.40. The van der Waals surface area contributed by atoms with Crippen molar-refractivity contribution < 1.29 is 13.2 Å². The molecule has 1 saturated heterocycles. The predicted octanol–water partition coefficient (Wildman–Crippen LogP) is 9.65. The molecule has 2 aromatic rings. The standard InChI is InChI=1S/C30H41F3Si/c1-2-3-4-17-34-18-15-23(16-19-34)6-5-22-7-9-24(10-8-22)25-11-13-26(14-12-25)27-20-28(31)30(33)29(32)21-27/h11-14,20-24,34H,2-10,15-19H2,1H3. The van der Waals surface area contributed by atoms with Crippen LogP contribution in [0, 0.1) is 29.3 Å². The summed E-state index contributed by atoms with van der Waals surface area (Å²) in [5.74, 6) is -1.22. The molecule has 0 unspecified atom stereocenters. The third-order valence-electron chi connectivity index (χ3n) is 8.71. The quantitative estimate of drug-likeness (QED) is 0.188. The molecule has 1 aliphatic heterocycles. The molecule has 186 valence electrons. The van der Waals surface area contributed by atoms with Crippen molar-refractivity contribution in [1.82, 2.24) is 0 Å². The van der Waals surface area contributed by atoms with Gasteiger partial charge in [-0.15, -0.1) is 0 Å². The van der Waals surface area contributed by atoms with Crippen LogP contribution in [0.2, 0.25) is 18.1 Å². The van der Waals surface area contributed by atoms with Gasteiger partial charge >= 0.3 is 0 Å². The molecule has 0 atom stereocenters. The van der Waals surface area contributed by atoms with Gasteiger partial charge in [-0.1, -0.05) is 94.3 Å². The van der Waals surface area contributed by atoms with Crippen molar-refractivity contribution in [2.45, 2.75) is 102 Å². The SMILES string of the molecule is CCCCC[SiH]1CCC(CCC2CCC(c3ccc(-c4cc(F)c(F)c(F)c4)cc3)CC2)CC1. The van der Waals surface area contributed by atoms with Crippen molar-refractivity contribution in [3.8, 4) is 11.1 Å². The molecule has 0 radical (unpaired) electrons. The number of benzene rings is 2. The van der Waals surface area contributed by atoms with Crippen LogP contribution in [0.15, 0.2) is 36.4 Å². The molecule has 34 heavy (non-hydrogen) atoms. The van der Waals surface area contributed by atoms with Gasteiger partial charge in [-0.05, 0) is 72.3 Å². The molecule has 1 saturated carbocycles. The van der Waals surface area contributed by atoms with Crippen molar-refractivity contribution in [3.05, 3.63) is 59.4 Å². The number of halogens is 3. The van der Waals surface area contributed by atoms with Crippen molar-refractivity contribution in [1.29, 1.82) is 0 Å². The van der Waals surface area contributed by atoms with Gasteiger partial charge in [-0.2, -0.15) is 0 Å². The van der Waals surface area contributed by atoms with Gasteiger partial charge in [0.2, 0.25) is 0 Å². The van der Waals surface area contributed by atoms with Gasteiger partial charge in [-0.25, -0.2) is 13.2 Å². The van der Waals surface area contributed by atoms with Gasteiger partial charge in [-0.3, -0.25) is 0 Å². The van der Waals surface area contributed by atoms with E-state index in [1.54, 1.807) is 18.1 Å². The predicted molar refractivity (Wildman–Crippen MR) is 140 cm³/mol. The Hall–Kier alpha value is -1.55. The topological polar surface area (TPSA) is 0 Å². The summed E-state index contributed by atoms with van der Waals surface area (Å²) in [4.78, 5) is 0. The maximum absolute atomic E-state index is 13.6. The highest BCUT2D eigenvalue weighted by Gasteiger charge is 2.25. The Morgan fingerprint density at radius 1 is 0.735 bits per heavy atom. The lowest BCUT2D eigenvalue weighted by molar-refractivity contribution is 0.280. The zero-order valence-corrected chi connectivity index (χ0v) is 22.0. The third kappa shape index (κ3) is 6.77. The molecule has 4 rings (SSSR count). The number of hydrogen-bond donors (Lipinski definition) is 0. The second-order valence-electron chi connectivity index (χ2n) is 11.1. The Kier molecular flexibility index (Phi) is 9.33. The van der Waals surface area contributed by atoms with Crippen LogP contribution in [0.1, 0.15) is 89.0 Å². The normalized spacial score (nSPS) is 25.4. The molecule has 0 bridgehead atoms. The van der Waals surface area contributed by atoms with Crippen LogP contribution in [0.4, 0.5) is 13.2 Å². The first kappa shape index (κ1) is 25.5. The molecule has 0 N–H and O–H groups in total. The fourth-order valence-corrected chi connectivity index (χ4v) is 10.0. The fraction of sp³-hybridized carbons (Fsp3) is 0.600. The van der Waals surface area contributed by atoms with E-state index in [-0.39, 0.29) is 8.80 Å². The summed E-state index contributed by atoms with van der Waals surface area (Å²) >= 11 is 0. The van der Waals surface area contributed by atoms with Gasteiger partial charge in [0.1, 0.15) is 0 Å². The second kappa shape index (κ2) is 12.4. The van der Waals surface area contributed by atoms with Crippen LogP contribution < -0.4 is 0 Å². The summed E-state index contributed by atoms with van der Waals surface area (Å²) in [6.45, 7) is 2.31. The van der Waals surface area contributed by atoms with E-state index in [2.05, 4.69) is 19.1 Å². The number of rotatable bonds is 9. The average Bonchev–Trinajstić information content (AvgIpc) is 2.87. The molecule has 0 spiro atoms. The van der Waals surface area contributed by atoms with E-state index in [9.17, 15) is 13.2 Å². The second-order valence-corrected chi connectivity index (χ2v) is 14.5. The molecule has 0 nitrogen and oxygen atoms in total. The molecular formula is C30H41F3Si. The maximum atomic E-state index is 13.6. The van der Waals surface area contributed by atoms with Gasteiger partial charge < -0.3 is 0 Å². The van der Waals surface area contributed by atoms with E-state index in [4.69, 9.17) is 0 Å². The zero-order chi connectivity index (χ0) is 23.9. The summed E-state index contributed by atoms with van der Waals surface area (Å²) in [6, 6.07) is 14.9. The zero-order valence-electron chi connectivity index (χ0n) is 20.8. The van der Waals surface area contributed by atoms with Gasteiger partial charge in [0.25, 0.3) is 0 Å². The molecule has 4 heteroatoms. The van der Waals surface area contributed by atoms with Crippen LogP contribution in [0.25, 0.3) is 11.1 Å². The minimum absolute atomic E-state index is 0.379. The van der Waals surface area contributed by atoms with Crippen molar-refractivity contribution in [2.24, 2.45) is 11.8 Å².